The first-order valence-corrected chi connectivity index (χ1v) is 8.05. The minimum absolute atomic E-state index is 0. The number of hydrogen-bond donors (Lipinski definition) is 2. The monoisotopic (exact) mass is 347 g/mol. The van der Waals surface area contributed by atoms with E-state index in [9.17, 15) is 19.1 Å². The molecule has 0 aliphatic carbocycles. The number of nitrogen functional groups attached to an aromatic ring is 1. The van der Waals surface area contributed by atoms with Crippen LogP contribution in [0.4, 0.5) is 5.82 Å². The molecular weight excluding hydrogens is 332 g/mol. The first-order valence-electron chi connectivity index (χ1n) is 6.41. The smallest absolute Gasteiger partial charge is 0.777 e. The van der Waals surface area contributed by atoms with Crippen LogP contribution in [0.25, 0.3) is 0 Å². The average Bonchev–Trinajstić information content (AvgIpc) is 2.45. The molecule has 1 heterocycles. The third kappa shape index (κ3) is 5.86. The minimum atomic E-state index is -4.73. The second-order valence-corrected chi connectivity index (χ2v) is 6.12. The molecule has 2 rings (SSSR count). The van der Waals surface area contributed by atoms with E-state index >= 15 is 0 Å². The molecule has 23 heavy (non-hydrogen) atoms. The molecule has 0 bridgehead atoms. The molecule has 10 heteroatoms. The predicted octanol–water partition coefficient (Wildman–Crippen LogP) is -2.91. The van der Waals surface area contributed by atoms with Gasteiger partial charge in [-0.05, 0) is 11.6 Å². The van der Waals surface area contributed by atoms with Crippen LogP contribution in [0.2, 0.25) is 0 Å². The molecule has 2 aromatic rings. The maximum absolute atomic E-state index is 11.5. The molecule has 0 fully saturated rings. The molecule has 0 saturated carbocycles. The summed E-state index contributed by atoms with van der Waals surface area (Å²) >= 11 is 0. The molecule has 1 aromatic carbocycles. The summed E-state index contributed by atoms with van der Waals surface area (Å²) in [7, 11) is -4.73. The van der Waals surface area contributed by atoms with E-state index in [1.165, 1.54) is 29.0 Å². The molecule has 2 unspecified atom stereocenters. The number of aromatic nitrogens is 2. The zero-order valence-corrected chi connectivity index (χ0v) is 15.4. The van der Waals surface area contributed by atoms with Crippen molar-refractivity contribution >= 4 is 13.4 Å². The summed E-state index contributed by atoms with van der Waals surface area (Å²) in [6.07, 6.45) is 1.43. The maximum atomic E-state index is 11.5. The third-order valence-electron chi connectivity index (χ3n) is 2.88. The number of rotatable bonds is 6. The van der Waals surface area contributed by atoms with Gasteiger partial charge in [0.1, 0.15) is 11.7 Å². The third-order valence-corrected chi connectivity index (χ3v) is 3.92. The summed E-state index contributed by atoms with van der Waals surface area (Å²) in [6, 6.07) is 9.49. The van der Waals surface area contributed by atoms with Gasteiger partial charge in [0.25, 0.3) is 0 Å². The van der Waals surface area contributed by atoms with E-state index in [1.54, 1.807) is 18.2 Å². The van der Waals surface area contributed by atoms with Gasteiger partial charge in [0.2, 0.25) is 0 Å². The van der Waals surface area contributed by atoms with Crippen LogP contribution in [0.1, 0.15) is 11.4 Å². The van der Waals surface area contributed by atoms with Crippen molar-refractivity contribution < 1.29 is 48.6 Å². The van der Waals surface area contributed by atoms with Crippen molar-refractivity contribution in [3.8, 4) is 0 Å². The second kappa shape index (κ2) is 8.75. The van der Waals surface area contributed by atoms with Crippen LogP contribution < -0.4 is 45.9 Å². The molecule has 0 saturated heterocycles. The average molecular weight is 347 g/mol. The van der Waals surface area contributed by atoms with Crippen molar-refractivity contribution in [1.82, 2.24) is 9.55 Å². The Hall–Kier alpha value is -0.990. The largest absolute Gasteiger partial charge is 1.00 e. The molecule has 0 amide bonds. The quantitative estimate of drug-likeness (QED) is 0.423. The van der Waals surface area contributed by atoms with Gasteiger partial charge in [0.05, 0.1) is 13.2 Å². The number of hydrogen-bond acceptors (Lipinski definition) is 6. The Kier molecular flexibility index (Phi) is 7.63. The molecule has 0 spiro atoms. The van der Waals surface area contributed by atoms with Crippen molar-refractivity contribution in [2.75, 3.05) is 12.3 Å². The fourth-order valence-corrected chi connectivity index (χ4v) is 2.71. The van der Waals surface area contributed by atoms with Crippen LogP contribution in [-0.2, 0) is 15.8 Å². The van der Waals surface area contributed by atoms with E-state index in [2.05, 4.69) is 4.98 Å². The SMILES string of the molecule is Nc1ccn(CCOC(c2ccccc2)P(=O)([O-])O)c(=O)n1.[Na+]. The number of benzene rings is 1. The van der Waals surface area contributed by atoms with Gasteiger partial charge in [0.15, 0.2) is 7.60 Å². The van der Waals surface area contributed by atoms with Crippen molar-refractivity contribution in [3.05, 3.63) is 58.6 Å². The molecule has 0 aliphatic heterocycles. The van der Waals surface area contributed by atoms with E-state index in [1.807, 2.05) is 0 Å². The standard InChI is InChI=1S/C13H16N3O5P.Na/c14-11-6-7-16(13(17)15-11)8-9-21-12(22(18,19)20)10-4-2-1-3-5-10;/h1-7,12H,8-9H2,(H2,14,15,17)(H2,18,19,20);/q;+1/p-1. The van der Waals surface area contributed by atoms with Gasteiger partial charge >= 0.3 is 35.2 Å². The van der Waals surface area contributed by atoms with Crippen LogP contribution in [0, 0.1) is 0 Å². The van der Waals surface area contributed by atoms with E-state index < -0.39 is 19.1 Å². The van der Waals surface area contributed by atoms with E-state index in [4.69, 9.17) is 10.5 Å². The molecule has 2 atom stereocenters. The molecule has 118 valence electrons. The number of anilines is 1. The summed E-state index contributed by atoms with van der Waals surface area (Å²) in [5, 5.41) is 0. The number of nitrogens with two attached hydrogens (primary N) is 1. The fourth-order valence-electron chi connectivity index (χ4n) is 1.87. The molecule has 3 N–H and O–H groups in total. The summed E-state index contributed by atoms with van der Waals surface area (Å²) in [5.41, 5.74) is 5.12. The Balaban J connectivity index is 0.00000264. The first-order chi connectivity index (χ1) is 10.4. The number of nitrogens with zero attached hydrogens (tertiary/aromatic N) is 2. The topological polar surface area (TPSA) is 130 Å². The normalized spacial score (nSPS) is 14.5. The van der Waals surface area contributed by atoms with Gasteiger partial charge in [-0.2, -0.15) is 4.98 Å². The maximum Gasteiger partial charge on any atom is 1.00 e. The summed E-state index contributed by atoms with van der Waals surface area (Å²) < 4.78 is 17.9. The molecule has 1 aromatic heterocycles. The van der Waals surface area contributed by atoms with Crippen LogP contribution in [0.3, 0.4) is 0 Å². The van der Waals surface area contributed by atoms with Gasteiger partial charge in [-0.25, -0.2) is 4.79 Å². The van der Waals surface area contributed by atoms with Crippen molar-refractivity contribution in [2.45, 2.75) is 12.4 Å². The second-order valence-electron chi connectivity index (χ2n) is 4.53. The molecule has 0 aliphatic rings. The Morgan fingerprint density at radius 1 is 1.35 bits per heavy atom. The molecular formula is C13H15N3NaO5P. The summed E-state index contributed by atoms with van der Waals surface area (Å²) in [6.45, 7) is -0.0205. The first kappa shape index (κ1) is 20.1. The Labute approximate surface area is 154 Å². The van der Waals surface area contributed by atoms with Gasteiger partial charge in [-0.15, -0.1) is 0 Å². The van der Waals surface area contributed by atoms with E-state index in [0.29, 0.717) is 5.56 Å². The number of ether oxygens (including phenoxy) is 1. The summed E-state index contributed by atoms with van der Waals surface area (Å²) in [4.78, 5) is 35.8. The molecule has 8 nitrogen and oxygen atoms in total. The summed E-state index contributed by atoms with van der Waals surface area (Å²) in [5.74, 6) is -1.38. The molecule has 0 radical (unpaired) electrons. The van der Waals surface area contributed by atoms with Crippen LogP contribution in [0.5, 0.6) is 0 Å². The minimum Gasteiger partial charge on any atom is -0.777 e. The van der Waals surface area contributed by atoms with Crippen molar-refractivity contribution in [2.24, 2.45) is 0 Å². The van der Waals surface area contributed by atoms with E-state index in [-0.39, 0.29) is 48.5 Å². The predicted molar refractivity (Wildman–Crippen MR) is 77.9 cm³/mol. The Morgan fingerprint density at radius 2 is 2.00 bits per heavy atom. The van der Waals surface area contributed by atoms with E-state index in [0.717, 1.165) is 0 Å². The Morgan fingerprint density at radius 3 is 2.57 bits per heavy atom. The van der Waals surface area contributed by atoms with Crippen LogP contribution in [0.15, 0.2) is 47.4 Å². The van der Waals surface area contributed by atoms with Gasteiger partial charge < -0.3 is 24.8 Å². The Bertz CT molecular complexity index is 734. The fraction of sp³-hybridized carbons (Fsp3) is 0.231. The van der Waals surface area contributed by atoms with Gasteiger partial charge in [-0.1, -0.05) is 30.3 Å². The van der Waals surface area contributed by atoms with Gasteiger partial charge in [0, 0.05) is 6.20 Å². The van der Waals surface area contributed by atoms with Crippen LogP contribution >= 0.6 is 7.60 Å². The van der Waals surface area contributed by atoms with Crippen molar-refractivity contribution in [3.63, 3.8) is 0 Å². The van der Waals surface area contributed by atoms with Crippen molar-refractivity contribution in [1.29, 1.82) is 0 Å². The van der Waals surface area contributed by atoms with Gasteiger partial charge in [-0.3, -0.25) is 4.57 Å². The van der Waals surface area contributed by atoms with Crippen LogP contribution in [-0.4, -0.2) is 21.1 Å². The zero-order valence-electron chi connectivity index (χ0n) is 12.5. The zero-order chi connectivity index (χ0) is 16.2.